The molecule has 0 fully saturated rings. The molecule has 2 heterocycles. The monoisotopic (exact) mass is 677 g/mol. The van der Waals surface area contributed by atoms with Crippen molar-refractivity contribution < 1.29 is 4.42 Å². The molecule has 0 N–H and O–H groups in total. The van der Waals surface area contributed by atoms with E-state index in [1.807, 2.05) is 54.6 Å². The number of hydrogen-bond donors (Lipinski definition) is 0. The second-order valence-corrected chi connectivity index (χ2v) is 13.2. The summed E-state index contributed by atoms with van der Waals surface area (Å²) in [6, 6.07) is 65.2. The number of aromatic nitrogens is 3. The maximum Gasteiger partial charge on any atom is 0.165 e. The van der Waals surface area contributed by atoms with Crippen molar-refractivity contribution in [3.8, 4) is 67.5 Å². The number of fused-ring (bicyclic) bond motifs is 4. The molecule has 0 aliphatic carbocycles. The van der Waals surface area contributed by atoms with Gasteiger partial charge in [0.05, 0.1) is 0 Å². The van der Waals surface area contributed by atoms with Crippen LogP contribution in [-0.4, -0.2) is 15.0 Å². The molecule has 0 aliphatic heterocycles. The molecule has 0 amide bonds. The molecule has 0 spiro atoms. The third kappa shape index (κ3) is 5.63. The van der Waals surface area contributed by atoms with Crippen LogP contribution in [0.15, 0.2) is 192 Å². The summed E-state index contributed by atoms with van der Waals surface area (Å²) in [5.41, 5.74) is 11.1. The van der Waals surface area contributed by atoms with E-state index in [2.05, 4.69) is 133 Å². The van der Waals surface area contributed by atoms with Gasteiger partial charge in [0.15, 0.2) is 17.5 Å². The first-order valence-electron chi connectivity index (χ1n) is 17.8. The van der Waals surface area contributed by atoms with Gasteiger partial charge in [0, 0.05) is 27.5 Å². The first-order chi connectivity index (χ1) is 26.2. The van der Waals surface area contributed by atoms with Crippen LogP contribution in [0, 0.1) is 0 Å². The standard InChI is InChI=1S/C49H31N3O/c1-3-13-35(14-4-1)41-28-29-44-45(42-20-9-10-21-43(42)53-44)46(41)49-51-47(36-15-5-2-6-16-36)50-48(52-49)40-19-11-18-38(31-40)33-22-24-34(25-23-33)39-27-26-32-12-7-8-17-37(32)30-39/h1-31H. The van der Waals surface area contributed by atoms with Crippen LogP contribution >= 0.6 is 0 Å². The molecule has 0 aliphatic rings. The lowest BCUT2D eigenvalue weighted by molar-refractivity contribution is 0.669. The van der Waals surface area contributed by atoms with Gasteiger partial charge in [-0.1, -0.05) is 158 Å². The maximum atomic E-state index is 6.38. The van der Waals surface area contributed by atoms with Gasteiger partial charge in [0.2, 0.25) is 0 Å². The Labute approximate surface area is 306 Å². The predicted octanol–water partition coefficient (Wildman–Crippen LogP) is 12.9. The van der Waals surface area contributed by atoms with E-state index in [0.29, 0.717) is 17.5 Å². The Bertz CT molecular complexity index is 2930. The summed E-state index contributed by atoms with van der Waals surface area (Å²) in [5, 5.41) is 4.49. The zero-order valence-corrected chi connectivity index (χ0v) is 28.6. The summed E-state index contributed by atoms with van der Waals surface area (Å²) in [4.78, 5) is 15.6. The number of rotatable bonds is 6. The summed E-state index contributed by atoms with van der Waals surface area (Å²) in [7, 11) is 0. The molecule has 4 heteroatoms. The predicted molar refractivity (Wildman–Crippen MR) is 217 cm³/mol. The molecule has 0 saturated heterocycles. The Morgan fingerprint density at radius 2 is 0.887 bits per heavy atom. The molecule has 4 nitrogen and oxygen atoms in total. The normalized spacial score (nSPS) is 11.4. The van der Waals surface area contributed by atoms with Crippen LogP contribution in [0.25, 0.3) is 100 Å². The summed E-state index contributed by atoms with van der Waals surface area (Å²) in [5.74, 6) is 1.81. The van der Waals surface area contributed by atoms with E-state index in [9.17, 15) is 0 Å². The van der Waals surface area contributed by atoms with Gasteiger partial charge < -0.3 is 4.42 Å². The van der Waals surface area contributed by atoms with E-state index < -0.39 is 0 Å². The third-order valence-corrected chi connectivity index (χ3v) is 9.94. The fourth-order valence-electron chi connectivity index (χ4n) is 7.30. The van der Waals surface area contributed by atoms with Gasteiger partial charge >= 0.3 is 0 Å². The number of nitrogens with zero attached hydrogens (tertiary/aromatic N) is 3. The molecule has 2 aromatic heterocycles. The van der Waals surface area contributed by atoms with Crippen molar-refractivity contribution in [2.45, 2.75) is 0 Å². The summed E-state index contributed by atoms with van der Waals surface area (Å²) < 4.78 is 6.38. The van der Waals surface area contributed by atoms with Crippen molar-refractivity contribution in [2.24, 2.45) is 0 Å². The Morgan fingerprint density at radius 1 is 0.321 bits per heavy atom. The maximum absolute atomic E-state index is 6.38. The highest BCUT2D eigenvalue weighted by molar-refractivity contribution is 6.15. The van der Waals surface area contributed by atoms with Crippen LogP contribution in [0.5, 0.6) is 0 Å². The van der Waals surface area contributed by atoms with Crippen molar-refractivity contribution in [1.29, 1.82) is 0 Å². The van der Waals surface area contributed by atoms with Crippen LogP contribution in [0.1, 0.15) is 0 Å². The molecule has 0 radical (unpaired) electrons. The van der Waals surface area contributed by atoms with Crippen LogP contribution < -0.4 is 0 Å². The number of hydrogen-bond acceptors (Lipinski definition) is 4. The summed E-state index contributed by atoms with van der Waals surface area (Å²) in [6.07, 6.45) is 0. The van der Waals surface area contributed by atoms with Gasteiger partial charge in [0.25, 0.3) is 0 Å². The molecule has 8 aromatic carbocycles. The third-order valence-electron chi connectivity index (χ3n) is 9.94. The minimum Gasteiger partial charge on any atom is -0.456 e. The molecule has 10 aromatic rings. The lowest BCUT2D eigenvalue weighted by atomic mass is 9.94. The average Bonchev–Trinajstić information content (AvgIpc) is 3.62. The lowest BCUT2D eigenvalue weighted by Gasteiger charge is -2.14. The van der Waals surface area contributed by atoms with Crippen LogP contribution in [0.4, 0.5) is 0 Å². The molecule has 10 rings (SSSR count). The first kappa shape index (κ1) is 30.6. The van der Waals surface area contributed by atoms with E-state index in [4.69, 9.17) is 19.4 Å². The SMILES string of the molecule is c1ccc(-c2nc(-c3cccc(-c4ccc(-c5ccc6ccccc6c5)cc4)c3)nc(-c3c(-c4ccccc4)ccc4oc5ccccc5c34)n2)cc1. The van der Waals surface area contributed by atoms with E-state index in [1.165, 1.54) is 21.9 Å². The van der Waals surface area contributed by atoms with Crippen molar-refractivity contribution >= 4 is 32.7 Å². The van der Waals surface area contributed by atoms with Gasteiger partial charge in [0.1, 0.15) is 11.2 Å². The van der Waals surface area contributed by atoms with Crippen molar-refractivity contribution in [3.05, 3.63) is 188 Å². The van der Waals surface area contributed by atoms with Crippen LogP contribution in [0.3, 0.4) is 0 Å². The Hall–Kier alpha value is -7.17. The van der Waals surface area contributed by atoms with E-state index in [1.54, 1.807) is 0 Å². The minimum atomic E-state index is 0.593. The number of para-hydroxylation sites is 1. The Morgan fingerprint density at radius 3 is 1.66 bits per heavy atom. The number of furan rings is 1. The second kappa shape index (κ2) is 12.9. The minimum absolute atomic E-state index is 0.593. The van der Waals surface area contributed by atoms with Gasteiger partial charge in [-0.2, -0.15) is 0 Å². The topological polar surface area (TPSA) is 51.8 Å². The lowest BCUT2D eigenvalue weighted by Crippen LogP contribution is -2.01. The Kier molecular flexibility index (Phi) is 7.43. The summed E-state index contributed by atoms with van der Waals surface area (Å²) in [6.45, 7) is 0. The van der Waals surface area contributed by atoms with Crippen LogP contribution in [0.2, 0.25) is 0 Å². The molecule has 0 bridgehead atoms. The quantitative estimate of drug-likeness (QED) is 0.176. The highest BCUT2D eigenvalue weighted by atomic mass is 16.3. The van der Waals surface area contributed by atoms with Gasteiger partial charge in [-0.3, -0.25) is 0 Å². The molecular formula is C49H31N3O. The highest BCUT2D eigenvalue weighted by Crippen LogP contribution is 2.42. The molecule has 248 valence electrons. The van der Waals surface area contributed by atoms with Crippen LogP contribution in [-0.2, 0) is 0 Å². The number of benzene rings is 8. The van der Waals surface area contributed by atoms with Crippen molar-refractivity contribution in [1.82, 2.24) is 15.0 Å². The molecular weight excluding hydrogens is 647 g/mol. The Balaban J connectivity index is 1.13. The van der Waals surface area contributed by atoms with Crippen molar-refractivity contribution in [3.63, 3.8) is 0 Å². The zero-order chi connectivity index (χ0) is 35.1. The van der Waals surface area contributed by atoms with Crippen molar-refractivity contribution in [2.75, 3.05) is 0 Å². The van der Waals surface area contributed by atoms with E-state index in [0.717, 1.165) is 60.9 Å². The highest BCUT2D eigenvalue weighted by Gasteiger charge is 2.22. The fraction of sp³-hybridized carbons (Fsp3) is 0. The second-order valence-electron chi connectivity index (χ2n) is 13.2. The summed E-state index contributed by atoms with van der Waals surface area (Å²) >= 11 is 0. The first-order valence-corrected chi connectivity index (χ1v) is 17.8. The molecule has 0 atom stereocenters. The zero-order valence-electron chi connectivity index (χ0n) is 28.6. The smallest absolute Gasteiger partial charge is 0.165 e. The molecule has 0 saturated carbocycles. The molecule has 53 heavy (non-hydrogen) atoms. The largest absolute Gasteiger partial charge is 0.456 e. The van der Waals surface area contributed by atoms with Gasteiger partial charge in [-0.15, -0.1) is 0 Å². The van der Waals surface area contributed by atoms with Gasteiger partial charge in [-0.25, -0.2) is 15.0 Å². The van der Waals surface area contributed by atoms with E-state index in [-0.39, 0.29) is 0 Å². The molecule has 0 unspecified atom stereocenters. The average molecular weight is 678 g/mol. The fourth-order valence-corrected chi connectivity index (χ4v) is 7.30. The van der Waals surface area contributed by atoms with Gasteiger partial charge in [-0.05, 0) is 74.5 Å². The van der Waals surface area contributed by atoms with E-state index >= 15 is 0 Å².